The predicted molar refractivity (Wildman–Crippen MR) is 112 cm³/mol. The summed E-state index contributed by atoms with van der Waals surface area (Å²) >= 11 is 0. The second-order valence-corrected chi connectivity index (χ2v) is 7.84. The summed E-state index contributed by atoms with van der Waals surface area (Å²) in [6.07, 6.45) is 2.42. The maximum atomic E-state index is 5.66. The third kappa shape index (κ3) is 4.72. The molecule has 1 fully saturated rings. The summed E-state index contributed by atoms with van der Waals surface area (Å²) in [6, 6.07) is 8.30. The van der Waals surface area contributed by atoms with Gasteiger partial charge in [0.05, 0.1) is 12.8 Å². The topological polar surface area (TPSA) is 68.7 Å². The fourth-order valence-corrected chi connectivity index (χ4v) is 4.09. The van der Waals surface area contributed by atoms with E-state index in [9.17, 15) is 0 Å². The number of pyridine rings is 2. The van der Waals surface area contributed by atoms with Crippen molar-refractivity contribution in [2.45, 2.75) is 32.7 Å². The van der Waals surface area contributed by atoms with Crippen LogP contribution in [0.4, 0.5) is 5.69 Å². The van der Waals surface area contributed by atoms with Crippen LogP contribution < -0.4 is 19.5 Å². The van der Waals surface area contributed by atoms with Gasteiger partial charge in [-0.3, -0.25) is 4.90 Å². The Morgan fingerprint density at radius 3 is 2.97 bits per heavy atom. The number of nitrogens with zero attached hydrogens (tertiary/aromatic N) is 3. The third-order valence-corrected chi connectivity index (χ3v) is 5.69. The molecule has 1 N–H and O–H groups in total. The first kappa shape index (κ1) is 19.8. The van der Waals surface area contributed by atoms with Crippen LogP contribution in [-0.2, 0) is 0 Å². The molecule has 0 saturated carbocycles. The number of hydrogen-bond acceptors (Lipinski definition) is 7. The van der Waals surface area contributed by atoms with Crippen LogP contribution >= 0.6 is 0 Å². The van der Waals surface area contributed by atoms with E-state index in [1.165, 1.54) is 12.8 Å². The molecular weight excluding hydrogens is 368 g/mol. The number of rotatable bonds is 6. The summed E-state index contributed by atoms with van der Waals surface area (Å²) in [5.74, 6) is 2.60. The summed E-state index contributed by atoms with van der Waals surface area (Å²) in [5.41, 5.74) is 3.06. The lowest BCUT2D eigenvalue weighted by atomic mass is 9.96. The highest BCUT2D eigenvalue weighted by Crippen LogP contribution is 2.32. The maximum absolute atomic E-state index is 5.66. The quantitative estimate of drug-likeness (QED) is 0.799. The van der Waals surface area contributed by atoms with Gasteiger partial charge in [0.25, 0.3) is 5.88 Å². The summed E-state index contributed by atoms with van der Waals surface area (Å²) < 4.78 is 16.5. The molecule has 2 aromatic heterocycles. The number of piperidine rings is 1. The number of aromatic nitrogens is 2. The zero-order chi connectivity index (χ0) is 20.2. The molecule has 1 saturated heterocycles. The lowest BCUT2D eigenvalue weighted by Crippen LogP contribution is -2.39. The van der Waals surface area contributed by atoms with Gasteiger partial charge in [-0.2, -0.15) is 0 Å². The normalized spacial score (nSPS) is 20.2. The van der Waals surface area contributed by atoms with Gasteiger partial charge < -0.3 is 19.5 Å². The van der Waals surface area contributed by atoms with E-state index in [1.54, 1.807) is 7.11 Å². The van der Waals surface area contributed by atoms with Gasteiger partial charge in [0.15, 0.2) is 5.75 Å². The molecule has 2 atom stereocenters. The summed E-state index contributed by atoms with van der Waals surface area (Å²) in [7, 11) is 1.65. The van der Waals surface area contributed by atoms with Gasteiger partial charge in [0.1, 0.15) is 13.2 Å². The molecule has 2 aromatic rings. The van der Waals surface area contributed by atoms with Crippen molar-refractivity contribution in [2.75, 3.05) is 45.3 Å². The van der Waals surface area contributed by atoms with E-state index in [4.69, 9.17) is 19.2 Å². The number of hydrogen-bond donors (Lipinski definition) is 1. The standard InChI is InChI=1S/C22H30N4O3/c1-15-11-18(12-21(24-15)27-3)23-13-17-5-4-8-26(14-17)16(2)19-6-7-20-22(25-19)29-10-9-28-20/h6-7,11-12,16-17H,4-5,8-10,13-14H2,1-3H3,(H,23,24)/t16-,17+/m1/s1. The van der Waals surface area contributed by atoms with E-state index in [1.807, 2.05) is 19.1 Å². The number of nitrogens with one attached hydrogen (secondary N) is 1. The largest absolute Gasteiger partial charge is 0.484 e. The van der Waals surface area contributed by atoms with E-state index < -0.39 is 0 Å². The summed E-state index contributed by atoms with van der Waals surface area (Å²) in [5, 5.41) is 3.57. The first-order valence-electron chi connectivity index (χ1n) is 10.4. The van der Waals surface area contributed by atoms with Gasteiger partial charge in [-0.25, -0.2) is 9.97 Å². The molecular formula is C22H30N4O3. The fourth-order valence-electron chi connectivity index (χ4n) is 4.09. The van der Waals surface area contributed by atoms with Gasteiger partial charge in [-0.1, -0.05) is 0 Å². The minimum absolute atomic E-state index is 0.247. The molecule has 0 amide bonds. The Labute approximate surface area is 172 Å². The molecule has 0 bridgehead atoms. The first-order chi connectivity index (χ1) is 14.1. The van der Waals surface area contributed by atoms with Crippen LogP contribution in [0.5, 0.6) is 17.5 Å². The highest BCUT2D eigenvalue weighted by molar-refractivity contribution is 5.47. The second kappa shape index (κ2) is 8.86. The molecule has 4 heterocycles. The third-order valence-electron chi connectivity index (χ3n) is 5.69. The van der Waals surface area contributed by atoms with Gasteiger partial charge >= 0.3 is 0 Å². The Morgan fingerprint density at radius 2 is 2.10 bits per heavy atom. The number of methoxy groups -OCH3 is 1. The zero-order valence-electron chi connectivity index (χ0n) is 17.5. The minimum Gasteiger partial charge on any atom is -0.484 e. The van der Waals surface area contributed by atoms with Gasteiger partial charge in [0.2, 0.25) is 5.88 Å². The highest BCUT2D eigenvalue weighted by atomic mass is 16.6. The van der Waals surface area contributed by atoms with Crippen molar-refractivity contribution in [2.24, 2.45) is 5.92 Å². The lowest BCUT2D eigenvalue weighted by molar-refractivity contribution is 0.131. The smallest absolute Gasteiger partial charge is 0.257 e. The van der Waals surface area contributed by atoms with E-state index in [2.05, 4.69) is 34.3 Å². The molecule has 4 rings (SSSR count). The van der Waals surface area contributed by atoms with Gasteiger partial charge in [-0.15, -0.1) is 0 Å². The molecule has 0 unspecified atom stereocenters. The van der Waals surface area contributed by atoms with Crippen LogP contribution in [0.25, 0.3) is 0 Å². The Bertz CT molecular complexity index is 845. The number of aryl methyl sites for hydroxylation is 1. The molecule has 7 heteroatoms. The van der Waals surface area contributed by atoms with Crippen molar-refractivity contribution >= 4 is 5.69 Å². The average Bonchev–Trinajstić information content (AvgIpc) is 2.76. The van der Waals surface area contributed by atoms with Crippen molar-refractivity contribution in [3.63, 3.8) is 0 Å². The van der Waals surface area contributed by atoms with E-state index in [0.717, 1.165) is 42.5 Å². The molecule has 0 aliphatic carbocycles. The Morgan fingerprint density at radius 1 is 1.24 bits per heavy atom. The molecule has 29 heavy (non-hydrogen) atoms. The first-order valence-corrected chi connectivity index (χ1v) is 10.4. The fraction of sp³-hybridized carbons (Fsp3) is 0.545. The number of fused-ring (bicyclic) bond motifs is 1. The summed E-state index contributed by atoms with van der Waals surface area (Å²) in [4.78, 5) is 11.6. The van der Waals surface area contributed by atoms with Crippen LogP contribution in [0, 0.1) is 12.8 Å². The SMILES string of the molecule is COc1cc(NC[C@@H]2CCCN([C@H](C)c3ccc4c(n3)OCCO4)C2)cc(C)n1. The van der Waals surface area contributed by atoms with E-state index in [-0.39, 0.29) is 6.04 Å². The van der Waals surface area contributed by atoms with Crippen molar-refractivity contribution in [3.8, 4) is 17.5 Å². The van der Waals surface area contributed by atoms with Crippen molar-refractivity contribution in [1.82, 2.24) is 14.9 Å². The highest BCUT2D eigenvalue weighted by Gasteiger charge is 2.26. The van der Waals surface area contributed by atoms with Crippen LogP contribution in [0.3, 0.4) is 0 Å². The molecule has 0 spiro atoms. The average molecular weight is 399 g/mol. The molecule has 7 nitrogen and oxygen atoms in total. The van der Waals surface area contributed by atoms with Crippen LogP contribution in [-0.4, -0.2) is 54.8 Å². The monoisotopic (exact) mass is 398 g/mol. The number of likely N-dealkylation sites (tertiary alicyclic amines) is 1. The molecule has 0 aromatic carbocycles. The van der Waals surface area contributed by atoms with E-state index in [0.29, 0.717) is 30.9 Å². The molecule has 156 valence electrons. The Kier molecular flexibility index (Phi) is 6.04. The van der Waals surface area contributed by atoms with Crippen molar-refractivity contribution in [1.29, 1.82) is 0 Å². The number of anilines is 1. The summed E-state index contributed by atoms with van der Waals surface area (Å²) in [6.45, 7) is 8.44. The van der Waals surface area contributed by atoms with Crippen LogP contribution in [0.1, 0.15) is 37.2 Å². The van der Waals surface area contributed by atoms with Crippen LogP contribution in [0.15, 0.2) is 24.3 Å². The van der Waals surface area contributed by atoms with Crippen LogP contribution in [0.2, 0.25) is 0 Å². The van der Waals surface area contributed by atoms with Crippen molar-refractivity contribution in [3.05, 3.63) is 35.7 Å². The Balaban J connectivity index is 1.37. The molecule has 0 radical (unpaired) electrons. The number of ether oxygens (including phenoxy) is 3. The van der Waals surface area contributed by atoms with Crippen molar-refractivity contribution < 1.29 is 14.2 Å². The second-order valence-electron chi connectivity index (χ2n) is 7.84. The maximum Gasteiger partial charge on any atom is 0.257 e. The van der Waals surface area contributed by atoms with Gasteiger partial charge in [0, 0.05) is 36.6 Å². The predicted octanol–water partition coefficient (Wildman–Crippen LogP) is 3.45. The minimum atomic E-state index is 0.247. The zero-order valence-corrected chi connectivity index (χ0v) is 17.5. The van der Waals surface area contributed by atoms with Gasteiger partial charge in [-0.05, 0) is 57.4 Å². The lowest BCUT2D eigenvalue weighted by Gasteiger charge is -2.37. The molecule has 2 aliphatic rings. The Hall–Kier alpha value is -2.54. The van der Waals surface area contributed by atoms with E-state index >= 15 is 0 Å². The molecule has 2 aliphatic heterocycles.